The molecule has 28 heavy (non-hydrogen) atoms. The van der Waals surface area contributed by atoms with Crippen LogP contribution in [0.2, 0.25) is 5.02 Å². The summed E-state index contributed by atoms with van der Waals surface area (Å²) in [5, 5.41) is 2.84. The molecule has 0 aromatic heterocycles. The summed E-state index contributed by atoms with van der Waals surface area (Å²) in [7, 11) is -4.04. The second-order valence-electron chi connectivity index (χ2n) is 6.66. The van der Waals surface area contributed by atoms with Gasteiger partial charge in [-0.2, -0.15) is 4.31 Å². The maximum absolute atomic E-state index is 14.2. The lowest BCUT2D eigenvalue weighted by Crippen LogP contribution is -2.43. The molecular formula is C20H24ClFN2O3S. The SMILES string of the molecule is CCC(C)NC(=O)CN(Cc1c(F)cccc1Cl)S(=O)(=O)c1ccc(C)cc1. The van der Waals surface area contributed by atoms with Crippen LogP contribution in [0.15, 0.2) is 47.4 Å². The van der Waals surface area contributed by atoms with Gasteiger partial charge in [0.1, 0.15) is 5.82 Å². The van der Waals surface area contributed by atoms with Crippen LogP contribution in [0.3, 0.4) is 0 Å². The molecule has 8 heteroatoms. The summed E-state index contributed by atoms with van der Waals surface area (Å²) in [5.41, 5.74) is 0.924. The number of amides is 1. The third kappa shape index (κ3) is 5.53. The number of carbonyl (C=O) groups is 1. The molecule has 1 atom stereocenters. The highest BCUT2D eigenvalue weighted by molar-refractivity contribution is 7.89. The van der Waals surface area contributed by atoms with E-state index in [-0.39, 0.29) is 28.1 Å². The standard InChI is InChI=1S/C20H24ClFN2O3S/c1-4-15(3)23-20(25)13-24(12-17-18(21)6-5-7-19(17)22)28(26,27)16-10-8-14(2)9-11-16/h5-11,15H,4,12-13H2,1-3H3,(H,23,25). The number of benzene rings is 2. The smallest absolute Gasteiger partial charge is 0.243 e. The van der Waals surface area contributed by atoms with E-state index < -0.39 is 28.3 Å². The van der Waals surface area contributed by atoms with E-state index in [1.54, 1.807) is 12.1 Å². The van der Waals surface area contributed by atoms with Crippen molar-refractivity contribution in [2.24, 2.45) is 0 Å². The molecule has 0 bridgehead atoms. The molecule has 0 fully saturated rings. The van der Waals surface area contributed by atoms with Gasteiger partial charge in [0.05, 0.1) is 11.4 Å². The van der Waals surface area contributed by atoms with Crippen LogP contribution in [0.1, 0.15) is 31.4 Å². The molecule has 5 nitrogen and oxygen atoms in total. The van der Waals surface area contributed by atoms with Gasteiger partial charge in [0.2, 0.25) is 15.9 Å². The van der Waals surface area contributed by atoms with Crippen molar-refractivity contribution in [3.05, 3.63) is 64.4 Å². The summed E-state index contributed by atoms with van der Waals surface area (Å²) < 4.78 is 41.5. The van der Waals surface area contributed by atoms with Gasteiger partial charge in [-0.05, 0) is 44.5 Å². The highest BCUT2D eigenvalue weighted by Gasteiger charge is 2.28. The lowest BCUT2D eigenvalue weighted by Gasteiger charge is -2.23. The Morgan fingerprint density at radius 1 is 1.21 bits per heavy atom. The zero-order valence-corrected chi connectivity index (χ0v) is 17.6. The fourth-order valence-electron chi connectivity index (χ4n) is 2.53. The predicted molar refractivity (Wildman–Crippen MR) is 108 cm³/mol. The Morgan fingerprint density at radius 3 is 2.43 bits per heavy atom. The first-order chi connectivity index (χ1) is 13.1. The molecular weight excluding hydrogens is 403 g/mol. The van der Waals surface area contributed by atoms with Gasteiger partial charge < -0.3 is 5.32 Å². The zero-order valence-electron chi connectivity index (χ0n) is 16.1. The van der Waals surface area contributed by atoms with Crippen molar-refractivity contribution in [1.82, 2.24) is 9.62 Å². The molecule has 0 spiro atoms. The van der Waals surface area contributed by atoms with E-state index in [1.165, 1.54) is 30.3 Å². The van der Waals surface area contributed by atoms with E-state index in [1.807, 2.05) is 20.8 Å². The van der Waals surface area contributed by atoms with E-state index in [0.717, 1.165) is 9.87 Å². The molecule has 152 valence electrons. The number of aryl methyl sites for hydroxylation is 1. The number of carbonyl (C=O) groups excluding carboxylic acids is 1. The lowest BCUT2D eigenvalue weighted by atomic mass is 10.2. The van der Waals surface area contributed by atoms with Gasteiger partial charge in [0.25, 0.3) is 0 Å². The van der Waals surface area contributed by atoms with Crippen molar-refractivity contribution in [3.63, 3.8) is 0 Å². The van der Waals surface area contributed by atoms with E-state index in [0.29, 0.717) is 6.42 Å². The van der Waals surface area contributed by atoms with Crippen LogP contribution in [0.25, 0.3) is 0 Å². The van der Waals surface area contributed by atoms with Crippen LogP contribution in [0, 0.1) is 12.7 Å². The molecule has 0 saturated heterocycles. The number of hydrogen-bond acceptors (Lipinski definition) is 3. The van der Waals surface area contributed by atoms with E-state index >= 15 is 0 Å². The first kappa shape index (κ1) is 22.3. The number of rotatable bonds is 8. The summed E-state index contributed by atoms with van der Waals surface area (Å²) in [6.45, 7) is 4.78. The Morgan fingerprint density at radius 2 is 1.86 bits per heavy atom. The zero-order chi connectivity index (χ0) is 20.9. The maximum Gasteiger partial charge on any atom is 0.243 e. The Kier molecular flexibility index (Phi) is 7.57. The number of nitrogens with zero attached hydrogens (tertiary/aromatic N) is 1. The molecule has 0 saturated carbocycles. The molecule has 2 aromatic carbocycles. The minimum absolute atomic E-state index is 0.0243. The molecule has 0 heterocycles. The van der Waals surface area contributed by atoms with Crippen molar-refractivity contribution >= 4 is 27.5 Å². The van der Waals surface area contributed by atoms with Crippen molar-refractivity contribution in [3.8, 4) is 0 Å². The molecule has 0 aliphatic heterocycles. The molecule has 0 aliphatic carbocycles. The Labute approximate surface area is 170 Å². The first-order valence-corrected chi connectivity index (χ1v) is 10.8. The topological polar surface area (TPSA) is 66.5 Å². The lowest BCUT2D eigenvalue weighted by molar-refractivity contribution is -0.122. The average Bonchev–Trinajstić information content (AvgIpc) is 2.64. The Bertz CT molecular complexity index is 913. The van der Waals surface area contributed by atoms with Gasteiger partial charge in [-0.25, -0.2) is 12.8 Å². The van der Waals surface area contributed by atoms with Crippen LogP contribution in [-0.4, -0.2) is 31.2 Å². The first-order valence-electron chi connectivity index (χ1n) is 8.94. The van der Waals surface area contributed by atoms with E-state index in [2.05, 4.69) is 5.32 Å². The van der Waals surface area contributed by atoms with Crippen molar-refractivity contribution in [2.45, 2.75) is 44.7 Å². The van der Waals surface area contributed by atoms with Crippen LogP contribution in [0.4, 0.5) is 4.39 Å². The molecule has 0 aliphatic rings. The molecule has 0 radical (unpaired) electrons. The molecule has 1 amide bonds. The highest BCUT2D eigenvalue weighted by Crippen LogP contribution is 2.24. The third-order valence-corrected chi connectivity index (χ3v) is 6.55. The number of halogens is 2. The summed E-state index contributed by atoms with van der Waals surface area (Å²) in [6, 6.07) is 10.3. The van der Waals surface area contributed by atoms with Crippen LogP contribution in [0.5, 0.6) is 0 Å². The van der Waals surface area contributed by atoms with Crippen LogP contribution >= 0.6 is 11.6 Å². The minimum atomic E-state index is -4.04. The molecule has 1 unspecified atom stereocenters. The fraction of sp³-hybridized carbons (Fsp3) is 0.350. The summed E-state index contributed by atoms with van der Waals surface area (Å²) in [5.74, 6) is -1.09. The Hall–Kier alpha value is -1.96. The van der Waals surface area contributed by atoms with Crippen LogP contribution < -0.4 is 5.32 Å². The van der Waals surface area contributed by atoms with Gasteiger partial charge in [0, 0.05) is 23.2 Å². The van der Waals surface area contributed by atoms with Gasteiger partial charge in [-0.15, -0.1) is 0 Å². The van der Waals surface area contributed by atoms with Gasteiger partial charge >= 0.3 is 0 Å². The van der Waals surface area contributed by atoms with E-state index in [4.69, 9.17) is 11.6 Å². The fourth-order valence-corrected chi connectivity index (χ4v) is 4.11. The summed E-state index contributed by atoms with van der Waals surface area (Å²) in [4.78, 5) is 12.4. The minimum Gasteiger partial charge on any atom is -0.353 e. The van der Waals surface area contributed by atoms with Crippen molar-refractivity contribution < 1.29 is 17.6 Å². The molecule has 2 rings (SSSR count). The number of nitrogens with one attached hydrogen (secondary N) is 1. The summed E-state index contributed by atoms with van der Waals surface area (Å²) >= 11 is 6.07. The van der Waals surface area contributed by atoms with Crippen molar-refractivity contribution in [2.75, 3.05) is 6.54 Å². The van der Waals surface area contributed by atoms with Gasteiger partial charge in [-0.3, -0.25) is 4.79 Å². The number of sulfonamides is 1. The third-order valence-electron chi connectivity index (χ3n) is 4.39. The van der Waals surface area contributed by atoms with Crippen molar-refractivity contribution in [1.29, 1.82) is 0 Å². The number of hydrogen-bond donors (Lipinski definition) is 1. The van der Waals surface area contributed by atoms with Gasteiger partial charge in [-0.1, -0.05) is 42.3 Å². The monoisotopic (exact) mass is 426 g/mol. The Balaban J connectivity index is 2.40. The van der Waals surface area contributed by atoms with Crippen LogP contribution in [-0.2, 0) is 21.4 Å². The second kappa shape index (κ2) is 9.49. The maximum atomic E-state index is 14.2. The largest absolute Gasteiger partial charge is 0.353 e. The van der Waals surface area contributed by atoms with E-state index in [9.17, 15) is 17.6 Å². The van der Waals surface area contributed by atoms with Gasteiger partial charge in [0.15, 0.2) is 0 Å². The molecule has 1 N–H and O–H groups in total. The molecule has 2 aromatic rings. The normalized spacial score (nSPS) is 12.8. The average molecular weight is 427 g/mol. The second-order valence-corrected chi connectivity index (χ2v) is 9.01. The quantitative estimate of drug-likeness (QED) is 0.696. The predicted octanol–water partition coefficient (Wildman–Crippen LogP) is 3.89. The summed E-state index contributed by atoms with van der Waals surface area (Å²) in [6.07, 6.45) is 0.704. The highest BCUT2D eigenvalue weighted by atomic mass is 35.5.